The first-order valence-electron chi connectivity index (χ1n) is 5.92. The van der Waals surface area contributed by atoms with E-state index in [1.165, 1.54) is 0 Å². The molecule has 0 spiro atoms. The van der Waals surface area contributed by atoms with Crippen molar-refractivity contribution in [1.29, 1.82) is 0 Å². The van der Waals surface area contributed by atoms with Crippen LogP contribution >= 0.6 is 0 Å². The lowest BCUT2D eigenvalue weighted by atomic mass is 10.3. The van der Waals surface area contributed by atoms with Crippen molar-refractivity contribution in [3.05, 3.63) is 11.7 Å². The minimum atomic E-state index is -0.318. The van der Waals surface area contributed by atoms with Gasteiger partial charge in [-0.3, -0.25) is 0 Å². The Hall–Kier alpha value is -0.980. The number of hydrogen-bond donors (Lipinski definition) is 1. The van der Waals surface area contributed by atoms with E-state index >= 15 is 0 Å². The van der Waals surface area contributed by atoms with Gasteiger partial charge in [0.2, 0.25) is 5.89 Å². The van der Waals surface area contributed by atoms with Crippen molar-refractivity contribution in [3.8, 4) is 0 Å². The van der Waals surface area contributed by atoms with Gasteiger partial charge in [-0.25, -0.2) is 0 Å². The summed E-state index contributed by atoms with van der Waals surface area (Å²) in [6.07, 6.45) is 2.55. The van der Waals surface area contributed by atoms with Crippen LogP contribution in [-0.4, -0.2) is 37.1 Å². The van der Waals surface area contributed by atoms with E-state index in [0.29, 0.717) is 38.0 Å². The second-order valence-corrected chi connectivity index (χ2v) is 3.82. The number of hydrogen-bond acceptors (Lipinski definition) is 6. The molecule has 0 amide bonds. The fourth-order valence-electron chi connectivity index (χ4n) is 1.32. The second kappa shape index (κ2) is 8.16. The third-order valence-electron chi connectivity index (χ3n) is 2.20. The van der Waals surface area contributed by atoms with Crippen LogP contribution in [0.4, 0.5) is 0 Å². The first-order chi connectivity index (χ1) is 8.27. The summed E-state index contributed by atoms with van der Waals surface area (Å²) in [5, 5.41) is 3.84. The molecule has 1 heterocycles. The minimum Gasteiger partial charge on any atom is -0.385 e. The molecule has 0 saturated carbocycles. The van der Waals surface area contributed by atoms with Crippen LogP contribution in [0.25, 0.3) is 0 Å². The summed E-state index contributed by atoms with van der Waals surface area (Å²) in [5.74, 6) is 1.11. The van der Waals surface area contributed by atoms with Gasteiger partial charge in [0.25, 0.3) is 0 Å². The molecule has 0 aliphatic rings. The van der Waals surface area contributed by atoms with Crippen molar-refractivity contribution in [2.45, 2.75) is 32.2 Å². The van der Waals surface area contributed by atoms with Gasteiger partial charge in [0.05, 0.1) is 12.6 Å². The molecule has 1 aromatic heterocycles. The summed E-state index contributed by atoms with van der Waals surface area (Å²) in [7, 11) is 1.67. The lowest BCUT2D eigenvalue weighted by Gasteiger charge is -2.06. The zero-order valence-electron chi connectivity index (χ0n) is 10.5. The monoisotopic (exact) mass is 243 g/mol. The molecule has 0 fully saturated rings. The SMILES string of the molecule is CCCOCC(N)c1noc(CCCOC)n1. The average molecular weight is 243 g/mol. The molecule has 0 aliphatic carbocycles. The van der Waals surface area contributed by atoms with E-state index in [0.717, 1.165) is 12.8 Å². The van der Waals surface area contributed by atoms with Gasteiger partial charge in [0, 0.05) is 26.7 Å². The minimum absolute atomic E-state index is 0.318. The molecule has 17 heavy (non-hydrogen) atoms. The average Bonchev–Trinajstić information content (AvgIpc) is 2.78. The maximum atomic E-state index is 5.87. The van der Waals surface area contributed by atoms with Crippen LogP contribution in [-0.2, 0) is 15.9 Å². The number of aryl methyl sites for hydroxylation is 1. The summed E-state index contributed by atoms with van der Waals surface area (Å²) in [6, 6.07) is -0.318. The second-order valence-electron chi connectivity index (χ2n) is 3.82. The first-order valence-corrected chi connectivity index (χ1v) is 5.92. The zero-order chi connectivity index (χ0) is 12.5. The smallest absolute Gasteiger partial charge is 0.226 e. The van der Waals surface area contributed by atoms with E-state index in [2.05, 4.69) is 10.1 Å². The highest BCUT2D eigenvalue weighted by Gasteiger charge is 2.14. The van der Waals surface area contributed by atoms with Crippen LogP contribution in [0, 0.1) is 0 Å². The van der Waals surface area contributed by atoms with Crippen molar-refractivity contribution < 1.29 is 14.0 Å². The Bertz CT molecular complexity index is 304. The van der Waals surface area contributed by atoms with E-state index in [1.54, 1.807) is 7.11 Å². The number of rotatable bonds is 9. The predicted molar refractivity (Wildman–Crippen MR) is 62.5 cm³/mol. The Morgan fingerprint density at radius 3 is 2.94 bits per heavy atom. The van der Waals surface area contributed by atoms with E-state index < -0.39 is 0 Å². The van der Waals surface area contributed by atoms with Crippen LogP contribution in [0.15, 0.2) is 4.52 Å². The predicted octanol–water partition coefficient (Wildman–Crippen LogP) is 1.08. The Morgan fingerprint density at radius 1 is 1.41 bits per heavy atom. The molecule has 1 atom stereocenters. The highest BCUT2D eigenvalue weighted by Crippen LogP contribution is 2.08. The topological polar surface area (TPSA) is 83.4 Å². The molecule has 6 nitrogen and oxygen atoms in total. The van der Waals surface area contributed by atoms with Crippen LogP contribution in [0.2, 0.25) is 0 Å². The molecule has 1 unspecified atom stereocenters. The van der Waals surface area contributed by atoms with Gasteiger partial charge in [0.1, 0.15) is 0 Å². The van der Waals surface area contributed by atoms with Gasteiger partial charge in [-0.15, -0.1) is 0 Å². The highest BCUT2D eigenvalue weighted by atomic mass is 16.5. The Kier molecular flexibility index (Phi) is 6.76. The molecule has 6 heteroatoms. The van der Waals surface area contributed by atoms with Gasteiger partial charge in [-0.05, 0) is 12.8 Å². The summed E-state index contributed by atoms with van der Waals surface area (Å²) < 4.78 is 15.4. The molecule has 0 aromatic carbocycles. The van der Waals surface area contributed by atoms with Crippen molar-refractivity contribution in [2.24, 2.45) is 5.73 Å². The van der Waals surface area contributed by atoms with E-state index in [9.17, 15) is 0 Å². The van der Waals surface area contributed by atoms with Gasteiger partial charge >= 0.3 is 0 Å². The maximum absolute atomic E-state index is 5.87. The largest absolute Gasteiger partial charge is 0.385 e. The highest BCUT2D eigenvalue weighted by molar-refractivity contribution is 4.93. The number of aromatic nitrogens is 2. The van der Waals surface area contributed by atoms with E-state index in [1.807, 2.05) is 6.92 Å². The fraction of sp³-hybridized carbons (Fsp3) is 0.818. The van der Waals surface area contributed by atoms with Crippen LogP contribution in [0.5, 0.6) is 0 Å². The van der Waals surface area contributed by atoms with Gasteiger partial charge in [-0.2, -0.15) is 4.98 Å². The third kappa shape index (κ3) is 5.25. The molecule has 0 aliphatic heterocycles. The molecule has 0 radical (unpaired) electrons. The quantitative estimate of drug-likeness (QED) is 0.653. The summed E-state index contributed by atoms with van der Waals surface area (Å²) in [5.41, 5.74) is 5.87. The summed E-state index contributed by atoms with van der Waals surface area (Å²) in [4.78, 5) is 4.22. The first kappa shape index (κ1) is 14.1. The third-order valence-corrected chi connectivity index (χ3v) is 2.20. The van der Waals surface area contributed by atoms with Crippen molar-refractivity contribution in [3.63, 3.8) is 0 Å². The number of nitrogens with two attached hydrogens (primary N) is 1. The van der Waals surface area contributed by atoms with Crippen LogP contribution in [0.1, 0.15) is 37.5 Å². The fourth-order valence-corrected chi connectivity index (χ4v) is 1.32. The van der Waals surface area contributed by atoms with E-state index in [4.69, 9.17) is 19.7 Å². The maximum Gasteiger partial charge on any atom is 0.226 e. The van der Waals surface area contributed by atoms with Gasteiger partial charge in [-0.1, -0.05) is 12.1 Å². The molecule has 1 aromatic rings. The van der Waals surface area contributed by atoms with Crippen LogP contribution < -0.4 is 5.73 Å². The van der Waals surface area contributed by atoms with E-state index in [-0.39, 0.29) is 6.04 Å². The van der Waals surface area contributed by atoms with Crippen molar-refractivity contribution in [2.75, 3.05) is 26.9 Å². The zero-order valence-corrected chi connectivity index (χ0v) is 10.5. The number of nitrogens with zero attached hydrogens (tertiary/aromatic N) is 2. The summed E-state index contributed by atoms with van der Waals surface area (Å²) in [6.45, 7) is 3.86. The molecule has 0 bridgehead atoms. The van der Waals surface area contributed by atoms with Crippen LogP contribution in [0.3, 0.4) is 0 Å². The molecule has 1 rings (SSSR count). The number of ether oxygens (including phenoxy) is 2. The standard InChI is InChI=1S/C11H21N3O3/c1-3-6-16-8-9(12)11-13-10(17-14-11)5-4-7-15-2/h9H,3-8,12H2,1-2H3. The molecule has 0 saturated heterocycles. The Labute approximate surface area is 101 Å². The Balaban J connectivity index is 2.33. The van der Waals surface area contributed by atoms with Crippen molar-refractivity contribution in [1.82, 2.24) is 10.1 Å². The van der Waals surface area contributed by atoms with Crippen molar-refractivity contribution >= 4 is 0 Å². The number of methoxy groups -OCH3 is 1. The van der Waals surface area contributed by atoms with Gasteiger partial charge in [0.15, 0.2) is 5.82 Å². The lowest BCUT2D eigenvalue weighted by Crippen LogP contribution is -2.18. The molecular formula is C11H21N3O3. The summed E-state index contributed by atoms with van der Waals surface area (Å²) >= 11 is 0. The Morgan fingerprint density at radius 2 is 2.24 bits per heavy atom. The molecule has 2 N–H and O–H groups in total. The molecular weight excluding hydrogens is 222 g/mol. The normalized spacial score (nSPS) is 12.9. The van der Waals surface area contributed by atoms with Gasteiger partial charge < -0.3 is 19.7 Å². The lowest BCUT2D eigenvalue weighted by molar-refractivity contribution is 0.119. The molecule has 98 valence electrons.